The van der Waals surface area contributed by atoms with Crippen LogP contribution in [0, 0.1) is 0 Å². The van der Waals surface area contributed by atoms with Crippen LogP contribution < -0.4 is 15.4 Å². The fourth-order valence-corrected chi connectivity index (χ4v) is 1.57. The largest absolute Gasteiger partial charge is 0.484 e. The third-order valence-electron chi connectivity index (χ3n) is 2.61. The molecule has 0 bridgehead atoms. The van der Waals surface area contributed by atoms with Crippen molar-refractivity contribution in [3.8, 4) is 5.75 Å². The number of amides is 1. The van der Waals surface area contributed by atoms with Crippen molar-refractivity contribution in [2.24, 2.45) is 0 Å². The summed E-state index contributed by atoms with van der Waals surface area (Å²) in [5.74, 6) is 0.872. The molecule has 1 heterocycles. The molecule has 5 heteroatoms. The van der Waals surface area contributed by atoms with E-state index in [9.17, 15) is 4.79 Å². The minimum atomic E-state index is -0.214. The quantitative estimate of drug-likeness (QED) is 0.905. The van der Waals surface area contributed by atoms with Crippen molar-refractivity contribution in [2.75, 3.05) is 24.3 Å². The van der Waals surface area contributed by atoms with Crippen LogP contribution in [-0.4, -0.2) is 24.5 Å². The Morgan fingerprint density at radius 3 is 2.68 bits per heavy atom. The van der Waals surface area contributed by atoms with E-state index in [0.29, 0.717) is 17.3 Å². The van der Waals surface area contributed by atoms with Crippen LogP contribution in [0.1, 0.15) is 0 Å². The summed E-state index contributed by atoms with van der Waals surface area (Å²) in [5, 5.41) is 0. The van der Waals surface area contributed by atoms with E-state index in [1.165, 1.54) is 4.90 Å². The molecule has 0 unspecified atom stereocenters. The van der Waals surface area contributed by atoms with Gasteiger partial charge in [0.25, 0.3) is 5.91 Å². The number of hydrogen-bond acceptors (Lipinski definition) is 4. The van der Waals surface area contributed by atoms with Crippen LogP contribution in [0.2, 0.25) is 0 Å². The number of pyridine rings is 1. The van der Waals surface area contributed by atoms with Gasteiger partial charge in [-0.05, 0) is 24.3 Å². The Labute approximate surface area is 111 Å². The summed E-state index contributed by atoms with van der Waals surface area (Å²) in [6.45, 7) is -0.0590. The molecule has 98 valence electrons. The molecule has 0 aliphatic carbocycles. The number of benzene rings is 1. The SMILES string of the molecule is CN(C(=O)COc1ccccc1)c1ncccc1N. The normalized spacial score (nSPS) is 9.95. The Morgan fingerprint density at radius 1 is 1.26 bits per heavy atom. The summed E-state index contributed by atoms with van der Waals surface area (Å²) in [6, 6.07) is 12.6. The molecule has 0 aliphatic heterocycles. The van der Waals surface area contributed by atoms with Crippen LogP contribution in [0.4, 0.5) is 11.5 Å². The van der Waals surface area contributed by atoms with Gasteiger partial charge >= 0.3 is 0 Å². The van der Waals surface area contributed by atoms with Gasteiger partial charge < -0.3 is 10.5 Å². The van der Waals surface area contributed by atoms with E-state index in [0.717, 1.165) is 0 Å². The summed E-state index contributed by atoms with van der Waals surface area (Å²) >= 11 is 0. The molecule has 0 saturated carbocycles. The van der Waals surface area contributed by atoms with Crippen molar-refractivity contribution in [3.05, 3.63) is 48.7 Å². The highest BCUT2D eigenvalue weighted by Crippen LogP contribution is 2.17. The van der Waals surface area contributed by atoms with E-state index in [1.54, 1.807) is 37.5 Å². The van der Waals surface area contributed by atoms with E-state index < -0.39 is 0 Å². The van der Waals surface area contributed by atoms with Gasteiger partial charge in [-0.15, -0.1) is 0 Å². The summed E-state index contributed by atoms with van der Waals surface area (Å²) < 4.78 is 5.39. The second-order valence-electron chi connectivity index (χ2n) is 3.97. The highest BCUT2D eigenvalue weighted by molar-refractivity contribution is 5.95. The first kappa shape index (κ1) is 12.9. The van der Waals surface area contributed by atoms with E-state index in [-0.39, 0.29) is 12.5 Å². The Morgan fingerprint density at radius 2 is 2.00 bits per heavy atom. The second kappa shape index (κ2) is 5.86. The monoisotopic (exact) mass is 257 g/mol. The van der Waals surface area contributed by atoms with Crippen molar-refractivity contribution in [2.45, 2.75) is 0 Å². The maximum absolute atomic E-state index is 12.0. The lowest BCUT2D eigenvalue weighted by Gasteiger charge is -2.17. The number of rotatable bonds is 4. The number of nitrogens with two attached hydrogens (primary N) is 1. The van der Waals surface area contributed by atoms with Gasteiger partial charge in [0.05, 0.1) is 5.69 Å². The Balaban J connectivity index is 1.99. The fourth-order valence-electron chi connectivity index (χ4n) is 1.57. The number of likely N-dealkylation sites (N-methyl/N-ethyl adjacent to an activating group) is 1. The van der Waals surface area contributed by atoms with E-state index >= 15 is 0 Å². The van der Waals surface area contributed by atoms with E-state index in [2.05, 4.69) is 4.98 Å². The lowest BCUT2D eigenvalue weighted by atomic mass is 10.3. The second-order valence-corrected chi connectivity index (χ2v) is 3.97. The molecular weight excluding hydrogens is 242 g/mol. The minimum Gasteiger partial charge on any atom is -0.484 e. The molecule has 0 fully saturated rings. The minimum absolute atomic E-state index is 0.0590. The van der Waals surface area contributed by atoms with Crippen LogP contribution >= 0.6 is 0 Å². The number of aromatic nitrogens is 1. The van der Waals surface area contributed by atoms with Gasteiger partial charge in [-0.2, -0.15) is 0 Å². The zero-order valence-electron chi connectivity index (χ0n) is 10.6. The van der Waals surface area contributed by atoms with Crippen molar-refractivity contribution in [3.63, 3.8) is 0 Å². The van der Waals surface area contributed by atoms with Crippen molar-refractivity contribution >= 4 is 17.4 Å². The molecular formula is C14H15N3O2. The van der Waals surface area contributed by atoms with Gasteiger partial charge in [-0.25, -0.2) is 4.98 Å². The first-order chi connectivity index (χ1) is 9.18. The van der Waals surface area contributed by atoms with Crippen LogP contribution in [0.25, 0.3) is 0 Å². The molecule has 2 aromatic rings. The van der Waals surface area contributed by atoms with Crippen molar-refractivity contribution < 1.29 is 9.53 Å². The number of anilines is 2. The number of hydrogen-bond donors (Lipinski definition) is 1. The summed E-state index contributed by atoms with van der Waals surface area (Å²) in [7, 11) is 1.62. The standard InChI is InChI=1S/C14H15N3O2/c1-17(14-12(15)8-5-9-16-14)13(18)10-19-11-6-3-2-4-7-11/h2-9H,10,15H2,1H3. The van der Waals surface area contributed by atoms with Crippen LogP contribution in [0.5, 0.6) is 5.75 Å². The predicted octanol–water partition coefficient (Wildman–Crippen LogP) is 1.71. The highest BCUT2D eigenvalue weighted by atomic mass is 16.5. The summed E-state index contributed by atoms with van der Waals surface area (Å²) in [6.07, 6.45) is 1.59. The molecule has 1 amide bonds. The molecule has 2 N–H and O–H groups in total. The lowest BCUT2D eigenvalue weighted by Crippen LogP contribution is -2.32. The number of ether oxygens (including phenoxy) is 1. The number of para-hydroxylation sites is 1. The van der Waals surface area contributed by atoms with E-state index in [1.807, 2.05) is 18.2 Å². The van der Waals surface area contributed by atoms with Crippen LogP contribution in [0.15, 0.2) is 48.7 Å². The van der Waals surface area contributed by atoms with Crippen molar-refractivity contribution in [1.29, 1.82) is 0 Å². The molecule has 0 spiro atoms. The third kappa shape index (κ3) is 3.22. The first-order valence-corrected chi connectivity index (χ1v) is 5.83. The predicted molar refractivity (Wildman–Crippen MR) is 74.0 cm³/mol. The topological polar surface area (TPSA) is 68.5 Å². The zero-order valence-corrected chi connectivity index (χ0v) is 10.6. The zero-order chi connectivity index (χ0) is 13.7. The number of nitrogens with zero attached hydrogens (tertiary/aromatic N) is 2. The molecule has 0 saturated heterocycles. The smallest absolute Gasteiger partial charge is 0.265 e. The van der Waals surface area contributed by atoms with Crippen molar-refractivity contribution in [1.82, 2.24) is 4.98 Å². The summed E-state index contributed by atoms with van der Waals surface area (Å²) in [4.78, 5) is 17.4. The average Bonchev–Trinajstić information content (AvgIpc) is 2.45. The number of nitrogen functional groups attached to an aromatic ring is 1. The number of carbonyl (C=O) groups excluding carboxylic acids is 1. The fraction of sp³-hybridized carbons (Fsp3) is 0.143. The Bertz CT molecular complexity index is 558. The molecule has 1 aromatic carbocycles. The number of carbonyl (C=O) groups is 1. The maximum Gasteiger partial charge on any atom is 0.265 e. The molecule has 0 radical (unpaired) electrons. The Kier molecular flexibility index (Phi) is 3.97. The molecule has 19 heavy (non-hydrogen) atoms. The molecule has 1 aromatic heterocycles. The maximum atomic E-state index is 12.0. The molecule has 0 aliphatic rings. The van der Waals surface area contributed by atoms with Crippen LogP contribution in [-0.2, 0) is 4.79 Å². The van der Waals surface area contributed by atoms with Gasteiger partial charge in [-0.3, -0.25) is 9.69 Å². The average molecular weight is 257 g/mol. The van der Waals surface area contributed by atoms with Gasteiger partial charge in [-0.1, -0.05) is 18.2 Å². The molecule has 0 atom stereocenters. The summed E-state index contributed by atoms with van der Waals surface area (Å²) in [5.41, 5.74) is 6.23. The Hall–Kier alpha value is -2.56. The van der Waals surface area contributed by atoms with Gasteiger partial charge in [0.1, 0.15) is 5.75 Å². The lowest BCUT2D eigenvalue weighted by molar-refractivity contribution is -0.120. The van der Waals surface area contributed by atoms with Gasteiger partial charge in [0.15, 0.2) is 12.4 Å². The first-order valence-electron chi connectivity index (χ1n) is 5.83. The molecule has 2 rings (SSSR count). The van der Waals surface area contributed by atoms with Gasteiger partial charge in [0.2, 0.25) is 0 Å². The third-order valence-corrected chi connectivity index (χ3v) is 2.61. The van der Waals surface area contributed by atoms with Gasteiger partial charge in [0, 0.05) is 13.2 Å². The van der Waals surface area contributed by atoms with Crippen LogP contribution in [0.3, 0.4) is 0 Å². The highest BCUT2D eigenvalue weighted by Gasteiger charge is 2.14. The molecule has 5 nitrogen and oxygen atoms in total. The van der Waals surface area contributed by atoms with E-state index in [4.69, 9.17) is 10.5 Å².